The molecule has 2 aromatic rings. The van der Waals surface area contributed by atoms with E-state index in [1.807, 2.05) is 25.1 Å². The summed E-state index contributed by atoms with van der Waals surface area (Å²) in [6, 6.07) is 8.13. The smallest absolute Gasteiger partial charge is 0.268 e. The first-order valence-corrected chi connectivity index (χ1v) is 10.2. The topological polar surface area (TPSA) is 71.2 Å². The Morgan fingerprint density at radius 1 is 1.18 bits per heavy atom. The zero-order valence-corrected chi connectivity index (χ0v) is 16.7. The molecule has 0 aliphatic heterocycles. The lowest BCUT2D eigenvalue weighted by molar-refractivity contribution is 0.0937. The quantitative estimate of drug-likeness (QED) is 0.821. The van der Waals surface area contributed by atoms with E-state index in [0.717, 1.165) is 61.1 Å². The van der Waals surface area contributed by atoms with Crippen LogP contribution in [0.15, 0.2) is 24.3 Å². The summed E-state index contributed by atoms with van der Waals surface area (Å²) in [5.74, 6) is 0.909. The molecule has 1 fully saturated rings. The Kier molecular flexibility index (Phi) is 5.00. The van der Waals surface area contributed by atoms with Crippen molar-refractivity contribution >= 4 is 11.7 Å². The largest absolute Gasteiger partial charge is 0.496 e. The number of rotatable bonds is 5. The summed E-state index contributed by atoms with van der Waals surface area (Å²) in [4.78, 5) is 28.5. The van der Waals surface area contributed by atoms with Gasteiger partial charge in [0.05, 0.1) is 7.11 Å². The number of Topliss-reactive ketones (excluding diaryl/α,β-unsaturated/α-hetero) is 1. The van der Waals surface area contributed by atoms with E-state index < -0.39 is 0 Å². The van der Waals surface area contributed by atoms with Crippen LogP contribution >= 0.6 is 0 Å². The fraction of sp³-hybridized carbons (Fsp3) is 0.478. The van der Waals surface area contributed by atoms with Crippen molar-refractivity contribution < 1.29 is 14.3 Å². The van der Waals surface area contributed by atoms with Crippen LogP contribution in [0.25, 0.3) is 0 Å². The van der Waals surface area contributed by atoms with E-state index in [2.05, 4.69) is 16.4 Å². The minimum atomic E-state index is -0.124. The standard InChI is InChI=1S/C23H28N2O3/c1-15-20-17(9-7-10-18(20)26)25-21(15)22(27)24-14-23(12-5-6-13-23)16-8-3-4-11-19(16)28-2/h3-4,8,11,25H,5-7,9-10,12-14H2,1-2H3,(H,24,27). The van der Waals surface area contributed by atoms with Crippen molar-refractivity contribution in [2.24, 2.45) is 0 Å². The van der Waals surface area contributed by atoms with Crippen molar-refractivity contribution in [1.29, 1.82) is 0 Å². The van der Waals surface area contributed by atoms with Gasteiger partial charge in [0.15, 0.2) is 5.78 Å². The van der Waals surface area contributed by atoms with Crippen LogP contribution in [0, 0.1) is 6.92 Å². The van der Waals surface area contributed by atoms with Gasteiger partial charge in [-0.2, -0.15) is 0 Å². The predicted octanol–water partition coefficient (Wildman–Crippen LogP) is 4.09. The highest BCUT2D eigenvalue weighted by atomic mass is 16.5. The van der Waals surface area contributed by atoms with E-state index in [1.54, 1.807) is 7.11 Å². The van der Waals surface area contributed by atoms with Gasteiger partial charge in [0.1, 0.15) is 11.4 Å². The van der Waals surface area contributed by atoms with Crippen molar-refractivity contribution in [3.05, 3.63) is 52.3 Å². The minimum absolute atomic E-state index is 0.0990. The fourth-order valence-electron chi connectivity index (χ4n) is 5.01. The van der Waals surface area contributed by atoms with Crippen LogP contribution in [0.5, 0.6) is 5.75 Å². The van der Waals surface area contributed by atoms with Crippen molar-refractivity contribution in [3.63, 3.8) is 0 Å². The number of fused-ring (bicyclic) bond motifs is 1. The first kappa shape index (κ1) is 18.8. The molecule has 0 unspecified atom stereocenters. The first-order chi connectivity index (χ1) is 13.6. The second-order valence-corrected chi connectivity index (χ2v) is 8.13. The van der Waals surface area contributed by atoms with Gasteiger partial charge in [-0.3, -0.25) is 9.59 Å². The normalized spacial score (nSPS) is 18.0. The van der Waals surface area contributed by atoms with Crippen molar-refractivity contribution in [3.8, 4) is 5.75 Å². The van der Waals surface area contributed by atoms with Gasteiger partial charge in [-0.1, -0.05) is 31.0 Å². The number of ketones is 1. The molecular weight excluding hydrogens is 352 g/mol. The maximum atomic E-state index is 13.0. The zero-order chi connectivity index (χ0) is 19.7. The summed E-state index contributed by atoms with van der Waals surface area (Å²) in [7, 11) is 1.70. The number of carbonyl (C=O) groups excluding carboxylic acids is 2. The lowest BCUT2D eigenvalue weighted by atomic mass is 9.78. The number of H-pyrrole nitrogens is 1. The molecule has 148 valence electrons. The molecule has 1 saturated carbocycles. The molecule has 0 saturated heterocycles. The molecular formula is C23H28N2O3. The molecule has 1 amide bonds. The van der Waals surface area contributed by atoms with E-state index in [9.17, 15) is 9.59 Å². The average molecular weight is 380 g/mol. The van der Waals surface area contributed by atoms with Crippen LogP contribution in [0.3, 0.4) is 0 Å². The summed E-state index contributed by atoms with van der Waals surface area (Å²) in [5.41, 5.74) is 4.05. The lowest BCUT2D eigenvalue weighted by Crippen LogP contribution is -2.39. The van der Waals surface area contributed by atoms with E-state index >= 15 is 0 Å². The molecule has 28 heavy (non-hydrogen) atoms. The molecule has 1 heterocycles. The number of methoxy groups -OCH3 is 1. The summed E-state index contributed by atoms with van der Waals surface area (Å²) in [6.07, 6.45) is 6.63. The van der Waals surface area contributed by atoms with Gasteiger partial charge >= 0.3 is 0 Å². The van der Waals surface area contributed by atoms with Crippen molar-refractivity contribution in [1.82, 2.24) is 10.3 Å². The van der Waals surface area contributed by atoms with Crippen LogP contribution in [-0.4, -0.2) is 30.3 Å². The fourth-order valence-corrected chi connectivity index (χ4v) is 5.01. The predicted molar refractivity (Wildman–Crippen MR) is 108 cm³/mol. The number of hydrogen-bond donors (Lipinski definition) is 2. The Hall–Kier alpha value is -2.56. The SMILES string of the molecule is COc1ccccc1C1(CNC(=O)c2[nH]c3c(c2C)C(=O)CCC3)CCCC1. The molecule has 5 heteroatoms. The van der Waals surface area contributed by atoms with Gasteiger partial charge in [0.2, 0.25) is 0 Å². The summed E-state index contributed by atoms with van der Waals surface area (Å²) < 4.78 is 5.60. The van der Waals surface area contributed by atoms with Crippen LogP contribution in [0.4, 0.5) is 0 Å². The molecule has 0 radical (unpaired) electrons. The van der Waals surface area contributed by atoms with E-state index in [0.29, 0.717) is 18.7 Å². The number of benzene rings is 1. The second kappa shape index (κ2) is 7.46. The highest BCUT2D eigenvalue weighted by molar-refractivity contribution is 6.04. The number of aromatic amines is 1. The Labute approximate surface area is 165 Å². The van der Waals surface area contributed by atoms with Gasteiger partial charge in [-0.15, -0.1) is 0 Å². The highest BCUT2D eigenvalue weighted by Gasteiger charge is 2.38. The van der Waals surface area contributed by atoms with Gasteiger partial charge in [0.25, 0.3) is 5.91 Å². The van der Waals surface area contributed by atoms with E-state index in [4.69, 9.17) is 4.74 Å². The summed E-state index contributed by atoms with van der Waals surface area (Å²) >= 11 is 0. The first-order valence-electron chi connectivity index (χ1n) is 10.2. The Bertz CT molecular complexity index is 907. The highest BCUT2D eigenvalue weighted by Crippen LogP contribution is 2.44. The number of ether oxygens (including phenoxy) is 1. The molecule has 0 bridgehead atoms. The average Bonchev–Trinajstić information content (AvgIpc) is 3.32. The summed E-state index contributed by atoms with van der Waals surface area (Å²) in [6.45, 7) is 2.45. The molecule has 0 spiro atoms. The van der Waals surface area contributed by atoms with Crippen LogP contribution in [0.1, 0.15) is 76.2 Å². The number of aromatic nitrogens is 1. The van der Waals surface area contributed by atoms with Gasteiger partial charge in [-0.25, -0.2) is 0 Å². The monoisotopic (exact) mass is 380 g/mol. The zero-order valence-electron chi connectivity index (χ0n) is 16.7. The maximum Gasteiger partial charge on any atom is 0.268 e. The Morgan fingerprint density at radius 2 is 1.93 bits per heavy atom. The summed E-state index contributed by atoms with van der Waals surface area (Å²) in [5, 5.41) is 3.16. The van der Waals surface area contributed by atoms with Crippen molar-refractivity contribution in [2.75, 3.05) is 13.7 Å². The number of carbonyl (C=O) groups is 2. The lowest BCUT2D eigenvalue weighted by Gasteiger charge is -2.31. The van der Waals surface area contributed by atoms with Gasteiger partial charge < -0.3 is 15.0 Å². The number of amides is 1. The number of aryl methyl sites for hydroxylation is 1. The Balaban J connectivity index is 1.57. The number of hydrogen-bond acceptors (Lipinski definition) is 3. The third-order valence-corrected chi connectivity index (χ3v) is 6.49. The molecule has 4 rings (SSSR count). The molecule has 0 atom stereocenters. The third-order valence-electron chi connectivity index (χ3n) is 6.49. The molecule has 1 aromatic heterocycles. The van der Waals surface area contributed by atoms with Crippen LogP contribution in [-0.2, 0) is 11.8 Å². The molecule has 2 aliphatic rings. The molecule has 2 N–H and O–H groups in total. The molecule has 2 aliphatic carbocycles. The second-order valence-electron chi connectivity index (χ2n) is 8.13. The molecule has 5 nitrogen and oxygen atoms in total. The van der Waals surface area contributed by atoms with Crippen LogP contribution in [0.2, 0.25) is 0 Å². The number of nitrogens with one attached hydrogen (secondary N) is 2. The Morgan fingerprint density at radius 3 is 2.64 bits per heavy atom. The van der Waals surface area contributed by atoms with Gasteiger partial charge in [-0.05, 0) is 44.2 Å². The van der Waals surface area contributed by atoms with E-state index in [-0.39, 0.29) is 17.1 Å². The third kappa shape index (κ3) is 3.13. The van der Waals surface area contributed by atoms with E-state index in [1.165, 1.54) is 5.56 Å². The molecule has 1 aromatic carbocycles. The van der Waals surface area contributed by atoms with Crippen molar-refractivity contribution in [2.45, 2.75) is 57.3 Å². The minimum Gasteiger partial charge on any atom is -0.496 e. The number of para-hydroxylation sites is 1. The van der Waals surface area contributed by atoms with Gasteiger partial charge in [0, 0.05) is 35.2 Å². The van der Waals surface area contributed by atoms with Crippen LogP contribution < -0.4 is 10.1 Å². The maximum absolute atomic E-state index is 13.0.